The Labute approximate surface area is 196 Å². The summed E-state index contributed by atoms with van der Waals surface area (Å²) in [5.41, 5.74) is 0.798. The van der Waals surface area contributed by atoms with Gasteiger partial charge in [0.15, 0.2) is 22.4 Å². The topological polar surface area (TPSA) is 108 Å². The summed E-state index contributed by atoms with van der Waals surface area (Å²) in [6.45, 7) is 4.94. The molecule has 2 aromatic rings. The van der Waals surface area contributed by atoms with Crippen LogP contribution in [0.4, 0.5) is 11.6 Å². The van der Waals surface area contributed by atoms with E-state index in [4.69, 9.17) is 14.2 Å². The number of Topliss-reactive ketones (excluding diaryl/α,β-unsaturated/α-hetero) is 1. The largest absolute Gasteiger partial charge is 0.454 e. The molecule has 33 heavy (non-hydrogen) atoms. The molecule has 176 valence electrons. The molecular weight excluding hydrogens is 446 g/mol. The molecule has 0 unspecified atom stereocenters. The first kappa shape index (κ1) is 22.0. The quantitative estimate of drug-likeness (QED) is 0.457. The number of nitrogens with zero attached hydrogens (tertiary/aromatic N) is 4. The van der Waals surface area contributed by atoms with E-state index in [0.29, 0.717) is 34.5 Å². The standard InChI is InChI=1S/C22H27N5O5S/c1-14(28)16-9-18-19(32-13-31-18)10-17(16)23-20(29)12-33-22-25-24-21(26-6-2-3-7-26)27(22)11-15-5-4-8-30-15/h9-10,15H,2-8,11-13H2,1H3,(H,23,29)/t15-/m0/s1. The molecule has 3 aliphatic rings. The average molecular weight is 474 g/mol. The lowest BCUT2D eigenvalue weighted by Crippen LogP contribution is -2.25. The number of ether oxygens (including phenoxy) is 3. The predicted molar refractivity (Wildman–Crippen MR) is 122 cm³/mol. The fourth-order valence-electron chi connectivity index (χ4n) is 4.34. The lowest BCUT2D eigenvalue weighted by atomic mass is 10.1. The second-order valence-electron chi connectivity index (χ2n) is 8.37. The summed E-state index contributed by atoms with van der Waals surface area (Å²) in [7, 11) is 0. The molecule has 11 heteroatoms. The summed E-state index contributed by atoms with van der Waals surface area (Å²) < 4.78 is 18.7. The minimum atomic E-state index is -0.240. The number of thioether (sulfide) groups is 1. The molecule has 4 heterocycles. The number of ketones is 1. The number of amides is 1. The van der Waals surface area contributed by atoms with Crippen molar-refractivity contribution in [1.82, 2.24) is 14.8 Å². The molecule has 1 amide bonds. The molecule has 3 aliphatic heterocycles. The number of fused-ring (bicyclic) bond motifs is 1. The summed E-state index contributed by atoms with van der Waals surface area (Å²) in [6, 6.07) is 3.24. The van der Waals surface area contributed by atoms with Gasteiger partial charge in [-0.1, -0.05) is 11.8 Å². The van der Waals surface area contributed by atoms with Crippen LogP contribution in [0.3, 0.4) is 0 Å². The zero-order valence-corrected chi connectivity index (χ0v) is 19.4. The molecule has 2 fully saturated rings. The van der Waals surface area contributed by atoms with Crippen molar-refractivity contribution in [2.45, 2.75) is 50.4 Å². The van der Waals surface area contributed by atoms with E-state index < -0.39 is 0 Å². The van der Waals surface area contributed by atoms with E-state index in [0.717, 1.165) is 51.3 Å². The maximum Gasteiger partial charge on any atom is 0.234 e. The Morgan fingerprint density at radius 1 is 1.15 bits per heavy atom. The number of aromatic nitrogens is 3. The smallest absolute Gasteiger partial charge is 0.234 e. The first-order valence-corrected chi connectivity index (χ1v) is 12.2. The Balaban J connectivity index is 1.29. The molecule has 0 radical (unpaired) electrons. The number of benzene rings is 1. The summed E-state index contributed by atoms with van der Waals surface area (Å²) in [5.74, 6) is 1.59. The normalized spacial score (nSPS) is 19.3. The van der Waals surface area contributed by atoms with Gasteiger partial charge in [0.25, 0.3) is 0 Å². The zero-order valence-electron chi connectivity index (χ0n) is 18.5. The molecule has 0 spiro atoms. The van der Waals surface area contributed by atoms with Crippen molar-refractivity contribution in [3.8, 4) is 11.5 Å². The van der Waals surface area contributed by atoms with Crippen LogP contribution >= 0.6 is 11.8 Å². The lowest BCUT2D eigenvalue weighted by molar-refractivity contribution is -0.113. The van der Waals surface area contributed by atoms with Gasteiger partial charge in [0.2, 0.25) is 18.6 Å². The highest BCUT2D eigenvalue weighted by molar-refractivity contribution is 7.99. The van der Waals surface area contributed by atoms with E-state index in [-0.39, 0.29) is 30.3 Å². The number of anilines is 2. The van der Waals surface area contributed by atoms with Crippen LogP contribution in [0.15, 0.2) is 17.3 Å². The third kappa shape index (κ3) is 4.79. The Bertz CT molecular complexity index is 1050. The Morgan fingerprint density at radius 2 is 1.94 bits per heavy atom. The molecule has 1 aromatic carbocycles. The van der Waals surface area contributed by atoms with E-state index in [2.05, 4.69) is 25.0 Å². The van der Waals surface area contributed by atoms with E-state index in [1.807, 2.05) is 0 Å². The number of carbonyl (C=O) groups excluding carboxylic acids is 2. The predicted octanol–water partition coefficient (Wildman–Crippen LogP) is 2.72. The van der Waals surface area contributed by atoms with Gasteiger partial charge in [0.1, 0.15) is 0 Å². The van der Waals surface area contributed by atoms with Gasteiger partial charge in [-0.25, -0.2) is 0 Å². The number of hydrogen-bond acceptors (Lipinski definition) is 9. The third-order valence-electron chi connectivity index (χ3n) is 5.99. The highest BCUT2D eigenvalue weighted by atomic mass is 32.2. The zero-order chi connectivity index (χ0) is 22.8. The summed E-state index contributed by atoms with van der Waals surface area (Å²) in [6.07, 6.45) is 4.50. The molecule has 0 aliphatic carbocycles. The number of hydrogen-bond donors (Lipinski definition) is 1. The van der Waals surface area contributed by atoms with Crippen molar-refractivity contribution in [2.24, 2.45) is 0 Å². The summed E-state index contributed by atoms with van der Waals surface area (Å²) in [4.78, 5) is 27.1. The minimum absolute atomic E-state index is 0.0969. The minimum Gasteiger partial charge on any atom is -0.454 e. The highest BCUT2D eigenvalue weighted by Gasteiger charge is 2.26. The molecule has 1 atom stereocenters. The van der Waals surface area contributed by atoms with Gasteiger partial charge in [-0.05, 0) is 38.7 Å². The van der Waals surface area contributed by atoms with Crippen molar-refractivity contribution in [3.63, 3.8) is 0 Å². The van der Waals surface area contributed by atoms with Crippen LogP contribution in [0.1, 0.15) is 43.0 Å². The Morgan fingerprint density at radius 3 is 2.67 bits per heavy atom. The first-order valence-electron chi connectivity index (χ1n) is 11.3. The maximum absolute atomic E-state index is 12.8. The maximum atomic E-state index is 12.8. The highest BCUT2D eigenvalue weighted by Crippen LogP contribution is 2.37. The molecule has 0 bridgehead atoms. The average Bonchev–Trinajstić information content (AvgIpc) is 3.59. The molecular formula is C22H27N5O5S. The molecule has 10 nitrogen and oxygen atoms in total. The molecule has 0 saturated carbocycles. The van der Waals surface area contributed by atoms with Gasteiger partial charge in [0.05, 0.1) is 24.1 Å². The molecule has 5 rings (SSSR count). The van der Waals surface area contributed by atoms with E-state index in [1.54, 1.807) is 12.1 Å². The van der Waals surface area contributed by atoms with E-state index in [1.165, 1.54) is 18.7 Å². The van der Waals surface area contributed by atoms with Crippen molar-refractivity contribution in [2.75, 3.05) is 42.5 Å². The fourth-order valence-corrected chi connectivity index (χ4v) is 5.09. The van der Waals surface area contributed by atoms with Crippen molar-refractivity contribution < 1.29 is 23.8 Å². The number of nitrogens with one attached hydrogen (secondary N) is 1. The molecule has 1 N–H and O–H groups in total. The van der Waals surface area contributed by atoms with E-state index >= 15 is 0 Å². The van der Waals surface area contributed by atoms with Gasteiger partial charge in [-0.2, -0.15) is 0 Å². The van der Waals surface area contributed by atoms with Crippen LogP contribution in [0.2, 0.25) is 0 Å². The molecule has 2 saturated heterocycles. The Hall–Kier alpha value is -2.79. The number of rotatable bonds is 8. The van der Waals surface area contributed by atoms with Gasteiger partial charge in [-0.15, -0.1) is 10.2 Å². The van der Waals surface area contributed by atoms with Gasteiger partial charge in [0, 0.05) is 31.3 Å². The first-order chi connectivity index (χ1) is 16.1. The van der Waals surface area contributed by atoms with Crippen LogP contribution in [0.25, 0.3) is 0 Å². The van der Waals surface area contributed by atoms with Crippen LogP contribution in [0.5, 0.6) is 11.5 Å². The fraction of sp³-hybridized carbons (Fsp3) is 0.545. The molecule has 1 aromatic heterocycles. The van der Waals surface area contributed by atoms with Crippen LogP contribution in [-0.4, -0.2) is 64.8 Å². The number of carbonyl (C=O) groups is 2. The van der Waals surface area contributed by atoms with Crippen molar-refractivity contribution in [3.05, 3.63) is 17.7 Å². The van der Waals surface area contributed by atoms with E-state index in [9.17, 15) is 9.59 Å². The Kier molecular flexibility index (Phi) is 6.41. The van der Waals surface area contributed by atoms with Crippen molar-refractivity contribution in [1.29, 1.82) is 0 Å². The van der Waals surface area contributed by atoms with Crippen LogP contribution in [-0.2, 0) is 16.1 Å². The monoisotopic (exact) mass is 473 g/mol. The van der Waals surface area contributed by atoms with Crippen LogP contribution in [0, 0.1) is 0 Å². The summed E-state index contributed by atoms with van der Waals surface area (Å²) >= 11 is 1.33. The van der Waals surface area contributed by atoms with Crippen LogP contribution < -0.4 is 19.7 Å². The SMILES string of the molecule is CC(=O)c1cc2c(cc1NC(=O)CSc1nnc(N3CCCC3)n1C[C@@H]1CCCO1)OCO2. The lowest BCUT2D eigenvalue weighted by Gasteiger charge is -2.20. The van der Waals surface area contributed by atoms with Gasteiger partial charge < -0.3 is 24.4 Å². The van der Waals surface area contributed by atoms with Gasteiger partial charge in [-0.3, -0.25) is 14.2 Å². The third-order valence-corrected chi connectivity index (χ3v) is 6.96. The second kappa shape index (κ2) is 9.60. The van der Waals surface area contributed by atoms with Gasteiger partial charge >= 0.3 is 0 Å². The summed E-state index contributed by atoms with van der Waals surface area (Å²) in [5, 5.41) is 12.3. The van der Waals surface area contributed by atoms with Crippen molar-refractivity contribution >= 4 is 35.1 Å². The second-order valence-corrected chi connectivity index (χ2v) is 9.31.